The van der Waals surface area contributed by atoms with Crippen LogP contribution in [0.15, 0.2) is 51.7 Å². The summed E-state index contributed by atoms with van der Waals surface area (Å²) >= 11 is 2.98. The van der Waals surface area contributed by atoms with Crippen molar-refractivity contribution in [3.63, 3.8) is 0 Å². The molecule has 26 heavy (non-hydrogen) atoms. The van der Waals surface area contributed by atoms with Crippen molar-refractivity contribution in [1.82, 2.24) is 19.8 Å². The van der Waals surface area contributed by atoms with Crippen LogP contribution in [0, 0.1) is 11.6 Å². The monoisotopic (exact) mass is 423 g/mol. The van der Waals surface area contributed by atoms with Crippen molar-refractivity contribution in [2.45, 2.75) is 6.92 Å². The van der Waals surface area contributed by atoms with E-state index in [0.29, 0.717) is 21.1 Å². The molecule has 3 aromatic rings. The Kier molecular flexibility index (Phi) is 4.94. The SMILES string of the molecule is CCN(C(=O)n1nnn(-c2c(F)cc(F)cc2Br)c1=O)c1ccccc1. The minimum absolute atomic E-state index is 0.0352. The lowest BCUT2D eigenvalue weighted by atomic mass is 10.3. The maximum absolute atomic E-state index is 14.1. The third-order valence-electron chi connectivity index (χ3n) is 3.57. The molecule has 0 saturated heterocycles. The van der Waals surface area contributed by atoms with E-state index in [0.717, 1.165) is 6.07 Å². The molecule has 0 aliphatic carbocycles. The van der Waals surface area contributed by atoms with Crippen molar-refractivity contribution >= 4 is 27.6 Å². The molecule has 2 aromatic carbocycles. The fourth-order valence-electron chi connectivity index (χ4n) is 2.39. The third-order valence-corrected chi connectivity index (χ3v) is 4.18. The lowest BCUT2D eigenvalue weighted by Crippen LogP contribution is -2.41. The second-order valence-electron chi connectivity index (χ2n) is 5.17. The van der Waals surface area contributed by atoms with Gasteiger partial charge in [0.1, 0.15) is 11.5 Å². The molecule has 1 amide bonds. The Balaban J connectivity index is 2.05. The number of rotatable bonds is 3. The Morgan fingerprint density at radius 1 is 1.19 bits per heavy atom. The van der Waals surface area contributed by atoms with Crippen LogP contribution >= 0.6 is 15.9 Å². The highest BCUT2D eigenvalue weighted by atomic mass is 79.9. The van der Waals surface area contributed by atoms with Gasteiger partial charge in [0.05, 0.1) is 0 Å². The lowest BCUT2D eigenvalue weighted by molar-refractivity contribution is 0.244. The lowest BCUT2D eigenvalue weighted by Gasteiger charge is -2.19. The van der Waals surface area contributed by atoms with Crippen LogP contribution in [0.3, 0.4) is 0 Å². The molecule has 0 aliphatic heterocycles. The minimum atomic E-state index is -1.02. The van der Waals surface area contributed by atoms with Crippen LogP contribution in [0.5, 0.6) is 0 Å². The topological polar surface area (TPSA) is 73.0 Å². The van der Waals surface area contributed by atoms with Gasteiger partial charge in [-0.2, -0.15) is 4.68 Å². The van der Waals surface area contributed by atoms with E-state index in [-0.39, 0.29) is 16.7 Å². The highest BCUT2D eigenvalue weighted by Crippen LogP contribution is 2.23. The minimum Gasteiger partial charge on any atom is -0.293 e. The van der Waals surface area contributed by atoms with Gasteiger partial charge in [-0.3, -0.25) is 4.90 Å². The quantitative estimate of drug-likeness (QED) is 0.607. The van der Waals surface area contributed by atoms with E-state index in [1.54, 1.807) is 37.3 Å². The Labute approximate surface area is 154 Å². The molecule has 0 bridgehead atoms. The van der Waals surface area contributed by atoms with Crippen molar-refractivity contribution in [3.05, 3.63) is 69.1 Å². The predicted octanol–water partition coefficient (Wildman–Crippen LogP) is 2.96. The van der Waals surface area contributed by atoms with Gasteiger partial charge in [-0.1, -0.05) is 18.2 Å². The van der Waals surface area contributed by atoms with Crippen LogP contribution in [-0.4, -0.2) is 32.4 Å². The summed E-state index contributed by atoms with van der Waals surface area (Å²) < 4.78 is 28.4. The summed E-state index contributed by atoms with van der Waals surface area (Å²) in [4.78, 5) is 26.5. The molecule has 10 heteroatoms. The average molecular weight is 424 g/mol. The van der Waals surface area contributed by atoms with E-state index in [9.17, 15) is 18.4 Å². The summed E-state index contributed by atoms with van der Waals surface area (Å²) in [5.74, 6) is -1.84. The van der Waals surface area contributed by atoms with E-state index < -0.39 is 23.4 Å². The number of nitrogens with zero attached hydrogens (tertiary/aromatic N) is 5. The van der Waals surface area contributed by atoms with Crippen molar-refractivity contribution < 1.29 is 13.6 Å². The number of tetrazole rings is 1. The molecule has 0 saturated carbocycles. The largest absolute Gasteiger partial charge is 0.377 e. The Morgan fingerprint density at radius 3 is 2.50 bits per heavy atom. The van der Waals surface area contributed by atoms with Crippen molar-refractivity contribution in [2.75, 3.05) is 11.4 Å². The number of hydrogen-bond acceptors (Lipinski definition) is 4. The van der Waals surface area contributed by atoms with Crippen LogP contribution in [-0.2, 0) is 0 Å². The van der Waals surface area contributed by atoms with Gasteiger partial charge in [0.15, 0.2) is 5.82 Å². The van der Waals surface area contributed by atoms with Crippen molar-refractivity contribution in [1.29, 1.82) is 0 Å². The zero-order chi connectivity index (χ0) is 18.8. The first-order valence-electron chi connectivity index (χ1n) is 7.51. The molecule has 0 radical (unpaired) electrons. The number of hydrogen-bond donors (Lipinski definition) is 0. The van der Waals surface area contributed by atoms with E-state index in [1.165, 1.54) is 4.90 Å². The zero-order valence-corrected chi connectivity index (χ0v) is 15.0. The molecule has 0 aliphatic rings. The number of aromatic nitrogens is 4. The average Bonchev–Trinajstić information content (AvgIpc) is 2.97. The van der Waals surface area contributed by atoms with Crippen molar-refractivity contribution in [2.24, 2.45) is 0 Å². The normalized spacial score (nSPS) is 10.8. The standard InChI is InChI=1S/C16H12BrF2N5O2/c1-2-22(11-6-4-3-5-7-11)15(25)24-16(26)23(20-21-24)14-12(17)8-10(18)9-13(14)19/h3-9H,2H2,1H3. The van der Waals surface area contributed by atoms with Crippen LogP contribution in [0.4, 0.5) is 19.3 Å². The number of amides is 1. The van der Waals surface area contributed by atoms with Gasteiger partial charge in [-0.15, -0.1) is 4.68 Å². The van der Waals surface area contributed by atoms with Crippen LogP contribution < -0.4 is 10.6 Å². The molecule has 7 nitrogen and oxygen atoms in total. The molecular weight excluding hydrogens is 412 g/mol. The first-order valence-corrected chi connectivity index (χ1v) is 8.30. The van der Waals surface area contributed by atoms with Gasteiger partial charge in [0, 0.05) is 22.8 Å². The molecule has 1 aromatic heterocycles. The maximum Gasteiger partial charge on any atom is 0.377 e. The fraction of sp³-hybridized carbons (Fsp3) is 0.125. The molecule has 0 atom stereocenters. The van der Waals surface area contributed by atoms with E-state index in [4.69, 9.17) is 0 Å². The number of anilines is 1. The first kappa shape index (κ1) is 17.9. The molecular formula is C16H12BrF2N5O2. The molecule has 3 rings (SSSR count). The van der Waals surface area contributed by atoms with Gasteiger partial charge in [-0.05, 0) is 51.5 Å². The van der Waals surface area contributed by atoms with Crippen LogP contribution in [0.2, 0.25) is 0 Å². The number of halogens is 3. The van der Waals surface area contributed by atoms with E-state index in [2.05, 4.69) is 26.4 Å². The number of carbonyl (C=O) groups is 1. The van der Waals surface area contributed by atoms with Gasteiger partial charge >= 0.3 is 11.7 Å². The smallest absolute Gasteiger partial charge is 0.293 e. The molecule has 0 spiro atoms. The Bertz CT molecular complexity index is 996. The number of benzene rings is 2. The molecule has 134 valence electrons. The maximum atomic E-state index is 14.1. The van der Waals surface area contributed by atoms with E-state index in [1.807, 2.05) is 0 Å². The Morgan fingerprint density at radius 2 is 1.88 bits per heavy atom. The summed E-state index contributed by atoms with van der Waals surface area (Å²) in [6, 6.07) is 9.53. The summed E-state index contributed by atoms with van der Waals surface area (Å²) in [5, 5.41) is 7.08. The second kappa shape index (κ2) is 7.16. The zero-order valence-electron chi connectivity index (χ0n) is 13.4. The molecule has 0 fully saturated rings. The number of para-hydroxylation sites is 1. The molecule has 1 heterocycles. The highest BCUT2D eigenvalue weighted by molar-refractivity contribution is 9.10. The van der Waals surface area contributed by atoms with Crippen LogP contribution in [0.25, 0.3) is 5.69 Å². The van der Waals surface area contributed by atoms with Gasteiger partial charge < -0.3 is 0 Å². The van der Waals surface area contributed by atoms with Gasteiger partial charge in [-0.25, -0.2) is 18.4 Å². The predicted molar refractivity (Wildman–Crippen MR) is 93.5 cm³/mol. The Hall–Kier alpha value is -2.88. The summed E-state index contributed by atoms with van der Waals surface area (Å²) in [6.07, 6.45) is 0. The third kappa shape index (κ3) is 3.15. The fourth-order valence-corrected chi connectivity index (χ4v) is 2.97. The van der Waals surface area contributed by atoms with E-state index >= 15 is 0 Å². The highest BCUT2D eigenvalue weighted by Gasteiger charge is 2.24. The first-order chi connectivity index (χ1) is 12.4. The van der Waals surface area contributed by atoms with Gasteiger partial charge in [0.2, 0.25) is 0 Å². The van der Waals surface area contributed by atoms with Crippen molar-refractivity contribution in [3.8, 4) is 5.69 Å². The summed E-state index contributed by atoms with van der Waals surface area (Å²) in [5.41, 5.74) is -0.746. The number of carbonyl (C=O) groups excluding carboxylic acids is 1. The summed E-state index contributed by atoms with van der Waals surface area (Å²) in [6.45, 7) is 2.01. The molecule has 0 N–H and O–H groups in total. The van der Waals surface area contributed by atoms with Gasteiger partial charge in [0.25, 0.3) is 0 Å². The molecule has 0 unspecified atom stereocenters. The summed E-state index contributed by atoms with van der Waals surface area (Å²) in [7, 11) is 0. The van der Waals surface area contributed by atoms with Crippen LogP contribution in [0.1, 0.15) is 6.92 Å². The second-order valence-corrected chi connectivity index (χ2v) is 6.02.